The maximum atomic E-state index is 2.26. The molecule has 0 bridgehead atoms. The average Bonchev–Trinajstić information content (AvgIpc) is 2.67. The Kier molecular flexibility index (Phi) is 1.69. The fraction of sp³-hybridized carbons (Fsp3) is 0.455. The van der Waals surface area contributed by atoms with Gasteiger partial charge in [0.1, 0.15) is 0 Å². The Bertz CT molecular complexity index is 223. The minimum Gasteiger partial charge on any atom is -0.0658 e. The first-order chi connectivity index (χ1) is 5.36. The lowest BCUT2D eigenvalue weighted by Crippen LogP contribution is -1.83. The summed E-state index contributed by atoms with van der Waals surface area (Å²) in [6.45, 7) is 2.26. The number of rotatable bonds is 2. The van der Waals surface area contributed by atoms with E-state index in [9.17, 15) is 0 Å². The molecule has 0 saturated heterocycles. The summed E-state index contributed by atoms with van der Waals surface area (Å²) in [5.74, 6) is 1.02. The van der Waals surface area contributed by atoms with Gasteiger partial charge in [-0.15, -0.1) is 0 Å². The van der Waals surface area contributed by atoms with E-state index < -0.39 is 0 Å². The maximum absolute atomic E-state index is 2.26. The van der Waals surface area contributed by atoms with Gasteiger partial charge in [0.15, 0.2) is 0 Å². The Balaban J connectivity index is 2.04. The van der Waals surface area contributed by atoms with Crippen molar-refractivity contribution < 1.29 is 0 Å². The zero-order valence-corrected chi connectivity index (χ0v) is 7.01. The molecule has 2 rings (SSSR count). The van der Waals surface area contributed by atoms with Crippen LogP contribution in [0.25, 0.3) is 0 Å². The molecule has 0 aromatic rings. The third kappa shape index (κ3) is 1.62. The number of allylic oxidation sites excluding steroid dienone is 6. The van der Waals surface area contributed by atoms with Crippen LogP contribution >= 0.6 is 0 Å². The highest BCUT2D eigenvalue weighted by atomic mass is 14.3. The van der Waals surface area contributed by atoms with Gasteiger partial charge in [0, 0.05) is 0 Å². The molecule has 2 aliphatic carbocycles. The van der Waals surface area contributed by atoms with Crippen molar-refractivity contribution in [3.05, 3.63) is 35.5 Å². The second-order valence-corrected chi connectivity index (χ2v) is 3.60. The number of hydrogen-bond donors (Lipinski definition) is 0. The Labute approximate surface area is 68.3 Å². The molecule has 0 heteroatoms. The minimum atomic E-state index is 1.02. The second-order valence-electron chi connectivity index (χ2n) is 3.60. The van der Waals surface area contributed by atoms with Gasteiger partial charge in [-0.05, 0) is 37.7 Å². The van der Waals surface area contributed by atoms with Gasteiger partial charge in [0.25, 0.3) is 0 Å². The number of hydrogen-bond acceptors (Lipinski definition) is 0. The van der Waals surface area contributed by atoms with E-state index in [-0.39, 0.29) is 0 Å². The minimum absolute atomic E-state index is 1.02. The molecule has 0 aromatic heterocycles. The van der Waals surface area contributed by atoms with Crippen LogP contribution in [0.5, 0.6) is 0 Å². The molecule has 0 spiro atoms. The fourth-order valence-corrected chi connectivity index (χ4v) is 1.53. The fourth-order valence-electron chi connectivity index (χ4n) is 1.53. The largest absolute Gasteiger partial charge is 0.0658 e. The van der Waals surface area contributed by atoms with E-state index in [1.165, 1.54) is 24.8 Å². The predicted molar refractivity (Wildman–Crippen MR) is 48.3 cm³/mol. The third-order valence-electron chi connectivity index (χ3n) is 2.45. The quantitative estimate of drug-likeness (QED) is 0.561. The van der Waals surface area contributed by atoms with Crippen molar-refractivity contribution in [2.45, 2.75) is 26.2 Å². The van der Waals surface area contributed by atoms with Crippen LogP contribution < -0.4 is 0 Å². The van der Waals surface area contributed by atoms with Crippen LogP contribution in [0.2, 0.25) is 0 Å². The normalized spacial score (nSPS) is 21.4. The second kappa shape index (κ2) is 2.69. The van der Waals surface area contributed by atoms with Gasteiger partial charge in [-0.3, -0.25) is 0 Å². The molecule has 0 unspecified atom stereocenters. The van der Waals surface area contributed by atoms with Gasteiger partial charge >= 0.3 is 0 Å². The summed E-state index contributed by atoms with van der Waals surface area (Å²) in [6.07, 6.45) is 12.9. The zero-order valence-electron chi connectivity index (χ0n) is 7.01. The van der Waals surface area contributed by atoms with Gasteiger partial charge < -0.3 is 0 Å². The van der Waals surface area contributed by atoms with E-state index in [1.54, 1.807) is 5.57 Å². The van der Waals surface area contributed by atoms with Crippen LogP contribution in [0, 0.1) is 5.92 Å². The van der Waals surface area contributed by atoms with Crippen molar-refractivity contribution in [1.29, 1.82) is 0 Å². The molecule has 1 fully saturated rings. The molecular weight excluding hydrogens is 132 g/mol. The lowest BCUT2D eigenvalue weighted by atomic mass is 10.1. The molecular formula is C11H14. The van der Waals surface area contributed by atoms with Crippen LogP contribution in [-0.2, 0) is 0 Å². The van der Waals surface area contributed by atoms with Crippen LogP contribution in [0.3, 0.4) is 0 Å². The van der Waals surface area contributed by atoms with Gasteiger partial charge in [-0.25, -0.2) is 0 Å². The van der Waals surface area contributed by atoms with Crippen molar-refractivity contribution in [2.75, 3.05) is 0 Å². The molecule has 0 atom stereocenters. The van der Waals surface area contributed by atoms with Crippen molar-refractivity contribution >= 4 is 0 Å². The first-order valence-electron chi connectivity index (χ1n) is 4.41. The van der Waals surface area contributed by atoms with Gasteiger partial charge in [0.05, 0.1) is 0 Å². The van der Waals surface area contributed by atoms with Crippen LogP contribution in [0.1, 0.15) is 26.2 Å². The lowest BCUT2D eigenvalue weighted by Gasteiger charge is -2.00. The van der Waals surface area contributed by atoms with Crippen molar-refractivity contribution in [3.63, 3.8) is 0 Å². The summed E-state index contributed by atoms with van der Waals surface area (Å²) in [5, 5.41) is 0. The van der Waals surface area contributed by atoms with E-state index in [2.05, 4.69) is 31.2 Å². The molecule has 0 N–H and O–H groups in total. The van der Waals surface area contributed by atoms with Crippen molar-refractivity contribution in [3.8, 4) is 0 Å². The smallest absolute Gasteiger partial charge is 0.0267 e. The van der Waals surface area contributed by atoms with Crippen molar-refractivity contribution in [2.24, 2.45) is 5.92 Å². The summed E-state index contributed by atoms with van der Waals surface area (Å²) in [5.41, 5.74) is 3.01. The molecule has 0 amide bonds. The molecule has 0 heterocycles. The first kappa shape index (κ1) is 6.90. The molecule has 58 valence electrons. The van der Waals surface area contributed by atoms with Gasteiger partial charge in [-0.2, -0.15) is 0 Å². The monoisotopic (exact) mass is 146 g/mol. The highest BCUT2D eigenvalue weighted by molar-refractivity contribution is 5.43. The summed E-state index contributed by atoms with van der Waals surface area (Å²) in [7, 11) is 0. The van der Waals surface area contributed by atoms with E-state index in [1.807, 2.05) is 0 Å². The molecule has 11 heavy (non-hydrogen) atoms. The lowest BCUT2D eigenvalue weighted by molar-refractivity contribution is 0.816. The molecule has 0 aromatic carbocycles. The molecule has 0 nitrogen and oxygen atoms in total. The summed E-state index contributed by atoms with van der Waals surface area (Å²) in [4.78, 5) is 0. The first-order valence-corrected chi connectivity index (χ1v) is 4.41. The Morgan fingerprint density at radius 3 is 2.55 bits per heavy atom. The summed E-state index contributed by atoms with van der Waals surface area (Å²) in [6, 6.07) is 0. The van der Waals surface area contributed by atoms with Crippen LogP contribution in [-0.4, -0.2) is 0 Å². The molecule has 0 aliphatic heterocycles. The van der Waals surface area contributed by atoms with Crippen molar-refractivity contribution in [1.82, 2.24) is 0 Å². The van der Waals surface area contributed by atoms with Gasteiger partial charge in [0.2, 0.25) is 0 Å². The van der Waals surface area contributed by atoms with E-state index in [4.69, 9.17) is 0 Å². The van der Waals surface area contributed by atoms with Crippen LogP contribution in [0.4, 0.5) is 0 Å². The molecule has 2 aliphatic rings. The average molecular weight is 146 g/mol. The summed E-state index contributed by atoms with van der Waals surface area (Å²) >= 11 is 0. The SMILES string of the molecule is CC(CC1CC1)=C1C=CC=C1. The topological polar surface area (TPSA) is 0 Å². The van der Waals surface area contributed by atoms with Gasteiger partial charge in [-0.1, -0.05) is 29.9 Å². The zero-order chi connectivity index (χ0) is 7.68. The Morgan fingerprint density at radius 1 is 1.36 bits per heavy atom. The standard InChI is InChI=1S/C11H14/c1-9(8-10-6-7-10)11-4-2-3-5-11/h2-5,10H,6-8H2,1H3. The van der Waals surface area contributed by atoms with E-state index in [0.717, 1.165) is 5.92 Å². The Hall–Kier alpha value is -0.780. The highest BCUT2D eigenvalue weighted by Crippen LogP contribution is 2.36. The van der Waals surface area contributed by atoms with E-state index >= 15 is 0 Å². The predicted octanol–water partition coefficient (Wildman–Crippen LogP) is 3.23. The third-order valence-corrected chi connectivity index (χ3v) is 2.45. The highest BCUT2D eigenvalue weighted by Gasteiger charge is 2.21. The summed E-state index contributed by atoms with van der Waals surface area (Å²) < 4.78 is 0. The van der Waals surface area contributed by atoms with E-state index in [0.29, 0.717) is 0 Å². The maximum Gasteiger partial charge on any atom is -0.0267 e. The Morgan fingerprint density at radius 2 is 2.00 bits per heavy atom. The van der Waals surface area contributed by atoms with Crippen LogP contribution in [0.15, 0.2) is 35.5 Å². The molecule has 1 saturated carbocycles. The molecule has 0 radical (unpaired) electrons.